The molecule has 1 aliphatic heterocycles. The first-order chi connectivity index (χ1) is 9.06. The number of nitrogens with zero attached hydrogens (tertiary/aromatic N) is 2. The largest absolute Gasteiger partial charge is 0.324 e. The summed E-state index contributed by atoms with van der Waals surface area (Å²) in [5.41, 5.74) is 6.59. The lowest BCUT2D eigenvalue weighted by atomic mass is 10.1. The number of para-hydroxylation sites is 1. The summed E-state index contributed by atoms with van der Waals surface area (Å²) in [5.74, 6) is -0.147. The van der Waals surface area contributed by atoms with Crippen molar-refractivity contribution < 1.29 is 9.59 Å². The molecule has 5 nitrogen and oxygen atoms in total. The Bertz CT molecular complexity index is 499. The Balaban J connectivity index is 2.33. The zero-order valence-electron chi connectivity index (χ0n) is 11.3. The highest BCUT2D eigenvalue weighted by Gasteiger charge is 2.32. The molecule has 1 fully saturated rings. The molecule has 1 aliphatic rings. The quantitative estimate of drug-likeness (QED) is 0.835. The van der Waals surface area contributed by atoms with Crippen molar-refractivity contribution in [1.29, 1.82) is 0 Å². The number of Topliss-reactive ketones (excluding diaryl/α,β-unsaturated/α-hetero) is 1. The predicted molar refractivity (Wildman–Crippen MR) is 74.4 cm³/mol. The molecule has 2 amide bonds. The van der Waals surface area contributed by atoms with Gasteiger partial charge in [-0.1, -0.05) is 12.1 Å². The van der Waals surface area contributed by atoms with E-state index in [1.54, 1.807) is 28.0 Å². The van der Waals surface area contributed by atoms with E-state index in [4.69, 9.17) is 5.73 Å². The van der Waals surface area contributed by atoms with Crippen molar-refractivity contribution >= 4 is 17.5 Å². The molecule has 2 N–H and O–H groups in total. The minimum atomic E-state index is -0.147. The second-order valence-electron chi connectivity index (χ2n) is 4.87. The van der Waals surface area contributed by atoms with Gasteiger partial charge in [0.2, 0.25) is 0 Å². The van der Waals surface area contributed by atoms with Crippen LogP contribution in [0.1, 0.15) is 24.2 Å². The van der Waals surface area contributed by atoms with Gasteiger partial charge < -0.3 is 10.6 Å². The van der Waals surface area contributed by atoms with Crippen LogP contribution in [0.3, 0.4) is 0 Å². The number of hydrogen-bond donors (Lipinski definition) is 1. The van der Waals surface area contributed by atoms with Crippen LogP contribution in [0.15, 0.2) is 24.3 Å². The minimum absolute atomic E-state index is 0.0487. The molecule has 0 bridgehead atoms. The summed E-state index contributed by atoms with van der Waals surface area (Å²) >= 11 is 0. The summed E-state index contributed by atoms with van der Waals surface area (Å²) in [7, 11) is 0. The van der Waals surface area contributed by atoms with E-state index < -0.39 is 0 Å². The van der Waals surface area contributed by atoms with E-state index in [0.717, 1.165) is 0 Å². The molecule has 0 aliphatic carbocycles. The third kappa shape index (κ3) is 2.46. The van der Waals surface area contributed by atoms with Crippen molar-refractivity contribution in [3.63, 3.8) is 0 Å². The van der Waals surface area contributed by atoms with Crippen molar-refractivity contribution in [2.75, 3.05) is 24.5 Å². The Kier molecular flexibility index (Phi) is 3.85. The van der Waals surface area contributed by atoms with Crippen molar-refractivity contribution in [3.8, 4) is 0 Å². The summed E-state index contributed by atoms with van der Waals surface area (Å²) in [6.07, 6.45) is 0. The predicted octanol–water partition coefficient (Wildman–Crippen LogP) is 1.48. The van der Waals surface area contributed by atoms with Crippen LogP contribution < -0.4 is 10.6 Å². The number of rotatable bonds is 4. The number of carbonyl (C=O) groups is 2. The summed E-state index contributed by atoms with van der Waals surface area (Å²) in [4.78, 5) is 27.6. The van der Waals surface area contributed by atoms with Crippen LogP contribution in [0, 0.1) is 0 Å². The van der Waals surface area contributed by atoms with Crippen LogP contribution in [0.2, 0.25) is 0 Å². The fourth-order valence-corrected chi connectivity index (χ4v) is 2.31. The standard InChI is InChI=1S/C14H19N3O2/c1-10(2)16-7-8-17(14(16)19)12-6-4-3-5-11(12)13(18)9-15/h3-6,10H,7-9,15H2,1-2H3. The Labute approximate surface area is 113 Å². The second kappa shape index (κ2) is 5.40. The Morgan fingerprint density at radius 2 is 2.00 bits per heavy atom. The van der Waals surface area contributed by atoms with Crippen LogP contribution in [-0.4, -0.2) is 42.4 Å². The van der Waals surface area contributed by atoms with Gasteiger partial charge in [-0.2, -0.15) is 0 Å². The van der Waals surface area contributed by atoms with Gasteiger partial charge in [0.15, 0.2) is 5.78 Å². The van der Waals surface area contributed by atoms with Crippen LogP contribution >= 0.6 is 0 Å². The summed E-state index contributed by atoms with van der Waals surface area (Å²) in [6.45, 7) is 5.21. The molecule has 0 atom stereocenters. The van der Waals surface area contributed by atoms with Crippen molar-refractivity contribution in [1.82, 2.24) is 4.90 Å². The molecular formula is C14H19N3O2. The minimum Gasteiger partial charge on any atom is -0.324 e. The fourth-order valence-electron chi connectivity index (χ4n) is 2.31. The lowest BCUT2D eigenvalue weighted by molar-refractivity contribution is 0.100. The number of ketones is 1. The van der Waals surface area contributed by atoms with Gasteiger partial charge in [0.05, 0.1) is 12.2 Å². The van der Waals surface area contributed by atoms with Gasteiger partial charge >= 0.3 is 6.03 Å². The number of benzene rings is 1. The van der Waals surface area contributed by atoms with E-state index >= 15 is 0 Å². The first-order valence-corrected chi connectivity index (χ1v) is 6.46. The first-order valence-electron chi connectivity index (χ1n) is 6.46. The Morgan fingerprint density at radius 3 is 2.58 bits per heavy atom. The van der Waals surface area contributed by atoms with Crippen LogP contribution in [0.5, 0.6) is 0 Å². The van der Waals surface area contributed by atoms with Gasteiger partial charge in [-0.3, -0.25) is 9.69 Å². The summed E-state index contributed by atoms with van der Waals surface area (Å²) < 4.78 is 0. The lowest BCUT2D eigenvalue weighted by Crippen LogP contribution is -2.36. The molecule has 0 saturated carbocycles. The average molecular weight is 261 g/mol. The number of amides is 2. The molecule has 0 aromatic heterocycles. The molecule has 0 radical (unpaired) electrons. The summed E-state index contributed by atoms with van der Waals surface area (Å²) in [5, 5.41) is 0. The van der Waals surface area contributed by atoms with Gasteiger partial charge in [0, 0.05) is 24.7 Å². The van der Waals surface area contributed by atoms with Crippen molar-refractivity contribution in [2.45, 2.75) is 19.9 Å². The molecule has 1 saturated heterocycles. The molecule has 1 aromatic carbocycles. The van der Waals surface area contributed by atoms with Gasteiger partial charge in [-0.15, -0.1) is 0 Å². The highest BCUT2D eigenvalue weighted by Crippen LogP contribution is 2.25. The molecule has 2 rings (SSSR count). The highest BCUT2D eigenvalue weighted by molar-refractivity contribution is 6.06. The maximum absolute atomic E-state index is 12.3. The van der Waals surface area contributed by atoms with E-state index in [9.17, 15) is 9.59 Å². The topological polar surface area (TPSA) is 66.6 Å². The smallest absolute Gasteiger partial charge is 0.324 e. The van der Waals surface area contributed by atoms with E-state index in [1.807, 2.05) is 19.9 Å². The van der Waals surface area contributed by atoms with E-state index in [0.29, 0.717) is 24.3 Å². The molecule has 0 unspecified atom stereocenters. The number of hydrogen-bond acceptors (Lipinski definition) is 3. The molecule has 0 spiro atoms. The van der Waals surface area contributed by atoms with Crippen LogP contribution in [-0.2, 0) is 0 Å². The molecule has 1 heterocycles. The number of nitrogens with two attached hydrogens (primary N) is 1. The normalized spacial score (nSPS) is 15.5. The fraction of sp³-hybridized carbons (Fsp3) is 0.429. The van der Waals surface area contributed by atoms with Crippen molar-refractivity contribution in [2.24, 2.45) is 5.73 Å². The number of urea groups is 1. The Hall–Kier alpha value is -1.88. The van der Waals surface area contributed by atoms with Crippen molar-refractivity contribution in [3.05, 3.63) is 29.8 Å². The zero-order valence-corrected chi connectivity index (χ0v) is 11.3. The van der Waals surface area contributed by atoms with Gasteiger partial charge in [0.25, 0.3) is 0 Å². The Morgan fingerprint density at radius 1 is 1.32 bits per heavy atom. The third-order valence-corrected chi connectivity index (χ3v) is 3.35. The lowest BCUT2D eigenvalue weighted by Gasteiger charge is -2.22. The molecule has 19 heavy (non-hydrogen) atoms. The molecule has 1 aromatic rings. The monoisotopic (exact) mass is 261 g/mol. The maximum atomic E-state index is 12.3. The molecular weight excluding hydrogens is 242 g/mol. The highest BCUT2D eigenvalue weighted by atomic mass is 16.2. The SMILES string of the molecule is CC(C)N1CCN(c2ccccc2C(=O)CN)C1=O. The molecule has 5 heteroatoms. The van der Waals surface area contributed by atoms with Gasteiger partial charge in [0.1, 0.15) is 0 Å². The van der Waals surface area contributed by atoms with Crippen LogP contribution in [0.25, 0.3) is 0 Å². The maximum Gasteiger partial charge on any atom is 0.324 e. The zero-order chi connectivity index (χ0) is 14.0. The second-order valence-corrected chi connectivity index (χ2v) is 4.87. The first kappa shape index (κ1) is 13.5. The van der Waals surface area contributed by atoms with E-state index in [2.05, 4.69) is 0 Å². The molecule has 102 valence electrons. The number of carbonyl (C=O) groups excluding carboxylic acids is 2. The number of anilines is 1. The summed E-state index contributed by atoms with van der Waals surface area (Å²) in [6, 6.07) is 7.24. The average Bonchev–Trinajstić information content (AvgIpc) is 2.79. The van der Waals surface area contributed by atoms with Gasteiger partial charge in [-0.25, -0.2) is 4.79 Å². The third-order valence-electron chi connectivity index (χ3n) is 3.35. The van der Waals surface area contributed by atoms with Crippen LogP contribution in [0.4, 0.5) is 10.5 Å². The van der Waals surface area contributed by atoms with E-state index in [-0.39, 0.29) is 24.4 Å². The van der Waals surface area contributed by atoms with Gasteiger partial charge in [-0.05, 0) is 26.0 Å². The van der Waals surface area contributed by atoms with E-state index in [1.165, 1.54) is 0 Å².